The highest BCUT2D eigenvalue weighted by atomic mass is 32.1. The molecule has 31 heavy (non-hydrogen) atoms. The molecule has 164 valence electrons. The second-order valence-corrected chi connectivity index (χ2v) is 8.84. The summed E-state index contributed by atoms with van der Waals surface area (Å²) in [6.07, 6.45) is 2.95. The van der Waals surface area contributed by atoms with E-state index in [-0.39, 0.29) is 5.91 Å². The average Bonchev–Trinajstić information content (AvgIpc) is 3.14. The zero-order valence-corrected chi connectivity index (χ0v) is 18.7. The molecule has 4 rings (SSSR count). The summed E-state index contributed by atoms with van der Waals surface area (Å²) in [5.41, 5.74) is 2.32. The Labute approximate surface area is 186 Å². The summed E-state index contributed by atoms with van der Waals surface area (Å²) < 4.78 is 5.36. The first-order valence-electron chi connectivity index (χ1n) is 10.8. The van der Waals surface area contributed by atoms with E-state index in [9.17, 15) is 4.79 Å². The molecule has 0 aliphatic carbocycles. The van der Waals surface area contributed by atoms with Gasteiger partial charge in [-0.05, 0) is 25.5 Å². The lowest BCUT2D eigenvalue weighted by Gasteiger charge is -2.26. The van der Waals surface area contributed by atoms with E-state index in [2.05, 4.69) is 44.6 Å². The van der Waals surface area contributed by atoms with Crippen LogP contribution in [0.5, 0.6) is 0 Å². The molecule has 8 heteroatoms. The van der Waals surface area contributed by atoms with Gasteiger partial charge in [-0.15, -0.1) is 11.3 Å². The van der Waals surface area contributed by atoms with Crippen molar-refractivity contribution in [1.82, 2.24) is 20.2 Å². The number of carbonyl (C=O) groups is 1. The Morgan fingerprint density at radius 1 is 1.16 bits per heavy atom. The first-order chi connectivity index (χ1) is 15.2. The molecular weight excluding hydrogens is 410 g/mol. The van der Waals surface area contributed by atoms with E-state index < -0.39 is 0 Å². The normalized spacial score (nSPS) is 14.6. The number of morpholine rings is 1. The van der Waals surface area contributed by atoms with Crippen LogP contribution < -0.4 is 10.6 Å². The van der Waals surface area contributed by atoms with Gasteiger partial charge >= 0.3 is 0 Å². The van der Waals surface area contributed by atoms with E-state index in [0.717, 1.165) is 66.4 Å². The molecule has 0 atom stereocenters. The van der Waals surface area contributed by atoms with Crippen molar-refractivity contribution in [3.05, 3.63) is 41.5 Å². The zero-order valence-electron chi connectivity index (χ0n) is 17.9. The van der Waals surface area contributed by atoms with E-state index in [1.54, 1.807) is 17.7 Å². The summed E-state index contributed by atoms with van der Waals surface area (Å²) in [6.45, 7) is 7.94. The molecule has 3 aromatic rings. The largest absolute Gasteiger partial charge is 0.379 e. The Kier molecular flexibility index (Phi) is 7.45. The average molecular weight is 440 g/mol. The molecule has 1 amide bonds. The predicted molar refractivity (Wildman–Crippen MR) is 126 cm³/mol. The van der Waals surface area contributed by atoms with Gasteiger partial charge in [0.2, 0.25) is 5.91 Å². The molecule has 0 spiro atoms. The van der Waals surface area contributed by atoms with Gasteiger partial charge in [0.1, 0.15) is 17.0 Å². The van der Waals surface area contributed by atoms with E-state index in [0.29, 0.717) is 19.5 Å². The molecule has 7 nitrogen and oxygen atoms in total. The SMILES string of the molecule is Cc1sc2ncnc(NCCC(=O)NCCCN3CCOCC3)c2c1-c1ccccc1. The fourth-order valence-corrected chi connectivity index (χ4v) is 4.88. The van der Waals surface area contributed by atoms with Crippen LogP contribution in [0.15, 0.2) is 36.7 Å². The first kappa shape index (κ1) is 21.7. The van der Waals surface area contributed by atoms with Gasteiger partial charge in [0.25, 0.3) is 0 Å². The monoisotopic (exact) mass is 439 g/mol. The molecule has 2 N–H and O–H groups in total. The van der Waals surface area contributed by atoms with Crippen LogP contribution in [0.4, 0.5) is 5.82 Å². The summed E-state index contributed by atoms with van der Waals surface area (Å²) in [5, 5.41) is 7.41. The maximum absolute atomic E-state index is 12.2. The number of hydrogen-bond acceptors (Lipinski definition) is 7. The third-order valence-electron chi connectivity index (χ3n) is 5.45. The van der Waals surface area contributed by atoms with Crippen LogP contribution in [0.3, 0.4) is 0 Å². The molecule has 1 aromatic carbocycles. The number of nitrogens with zero attached hydrogens (tertiary/aromatic N) is 3. The summed E-state index contributed by atoms with van der Waals surface area (Å²) in [6, 6.07) is 10.3. The molecule has 0 saturated carbocycles. The number of nitrogens with one attached hydrogen (secondary N) is 2. The van der Waals surface area contributed by atoms with Crippen molar-refractivity contribution in [3.8, 4) is 11.1 Å². The van der Waals surface area contributed by atoms with Gasteiger partial charge in [0.15, 0.2) is 0 Å². The number of ether oxygens (including phenoxy) is 1. The number of aryl methyl sites for hydroxylation is 1. The third kappa shape index (κ3) is 5.58. The highest BCUT2D eigenvalue weighted by molar-refractivity contribution is 7.19. The Hall–Kier alpha value is -2.55. The number of thiophene rings is 1. The van der Waals surface area contributed by atoms with E-state index >= 15 is 0 Å². The van der Waals surface area contributed by atoms with Gasteiger partial charge in [-0.25, -0.2) is 9.97 Å². The summed E-state index contributed by atoms with van der Waals surface area (Å²) in [5.74, 6) is 0.845. The third-order valence-corrected chi connectivity index (χ3v) is 6.46. The van der Waals surface area contributed by atoms with Gasteiger partial charge < -0.3 is 15.4 Å². The number of amides is 1. The Balaban J connectivity index is 1.30. The lowest BCUT2D eigenvalue weighted by atomic mass is 10.0. The first-order valence-corrected chi connectivity index (χ1v) is 11.6. The second kappa shape index (κ2) is 10.7. The minimum Gasteiger partial charge on any atom is -0.379 e. The van der Waals surface area contributed by atoms with Crippen molar-refractivity contribution >= 4 is 33.3 Å². The number of carbonyl (C=O) groups excluding carboxylic acids is 1. The van der Waals surface area contributed by atoms with Crippen LogP contribution in [0.2, 0.25) is 0 Å². The van der Waals surface area contributed by atoms with Crippen molar-refractivity contribution < 1.29 is 9.53 Å². The summed E-state index contributed by atoms with van der Waals surface area (Å²) in [4.78, 5) is 25.7. The van der Waals surface area contributed by atoms with Gasteiger partial charge in [0.05, 0.1) is 18.6 Å². The quantitative estimate of drug-likeness (QED) is 0.498. The van der Waals surface area contributed by atoms with E-state index in [4.69, 9.17) is 4.74 Å². The summed E-state index contributed by atoms with van der Waals surface area (Å²) >= 11 is 1.67. The Bertz CT molecular complexity index is 1000. The number of anilines is 1. The maximum atomic E-state index is 12.2. The fraction of sp³-hybridized carbons (Fsp3) is 0.435. The second-order valence-electron chi connectivity index (χ2n) is 7.64. The van der Waals surface area contributed by atoms with Crippen LogP contribution in [0.1, 0.15) is 17.7 Å². The summed E-state index contributed by atoms with van der Waals surface area (Å²) in [7, 11) is 0. The molecule has 1 fully saturated rings. The minimum atomic E-state index is 0.0598. The molecule has 1 saturated heterocycles. The number of benzene rings is 1. The van der Waals surface area contributed by atoms with Gasteiger partial charge in [-0.3, -0.25) is 9.69 Å². The molecule has 0 unspecified atom stereocenters. The Morgan fingerprint density at radius 2 is 1.97 bits per heavy atom. The van der Waals surface area contributed by atoms with E-state index in [1.807, 2.05) is 18.2 Å². The lowest BCUT2D eigenvalue weighted by Crippen LogP contribution is -2.38. The standard InChI is InChI=1S/C23H29N5O2S/c1-17-20(18-6-3-2-4-7-18)21-22(26-16-27-23(21)31-17)25-10-8-19(29)24-9-5-11-28-12-14-30-15-13-28/h2-4,6-7,16H,5,8-15H2,1H3,(H,24,29)(H,25,26,27). The van der Waals surface area contributed by atoms with Gasteiger partial charge in [-0.2, -0.15) is 0 Å². The van der Waals surface area contributed by atoms with Crippen molar-refractivity contribution in [2.24, 2.45) is 0 Å². The smallest absolute Gasteiger partial charge is 0.221 e. The van der Waals surface area contributed by atoms with Crippen LogP contribution in [-0.4, -0.2) is 66.7 Å². The van der Waals surface area contributed by atoms with Crippen LogP contribution >= 0.6 is 11.3 Å². The van der Waals surface area contributed by atoms with Crippen molar-refractivity contribution in [2.75, 3.05) is 51.3 Å². The zero-order chi connectivity index (χ0) is 21.5. The molecule has 3 heterocycles. The maximum Gasteiger partial charge on any atom is 0.221 e. The predicted octanol–water partition coefficient (Wildman–Crippen LogP) is 3.31. The van der Waals surface area contributed by atoms with Gasteiger partial charge in [-0.1, -0.05) is 30.3 Å². The number of fused-ring (bicyclic) bond motifs is 1. The molecule has 1 aliphatic rings. The van der Waals surface area contributed by atoms with Crippen LogP contribution in [0, 0.1) is 6.92 Å². The molecular formula is C23H29N5O2S. The topological polar surface area (TPSA) is 79.4 Å². The highest BCUT2D eigenvalue weighted by Gasteiger charge is 2.16. The number of rotatable bonds is 9. The molecule has 1 aliphatic heterocycles. The number of aromatic nitrogens is 2. The molecule has 0 bridgehead atoms. The minimum absolute atomic E-state index is 0.0598. The Morgan fingerprint density at radius 3 is 2.77 bits per heavy atom. The highest BCUT2D eigenvalue weighted by Crippen LogP contribution is 2.40. The van der Waals surface area contributed by atoms with Crippen LogP contribution in [-0.2, 0) is 9.53 Å². The number of hydrogen-bond donors (Lipinski definition) is 2. The lowest BCUT2D eigenvalue weighted by molar-refractivity contribution is -0.120. The molecule has 0 radical (unpaired) electrons. The van der Waals surface area contributed by atoms with Crippen LogP contribution in [0.25, 0.3) is 21.3 Å². The van der Waals surface area contributed by atoms with Crippen molar-refractivity contribution in [2.45, 2.75) is 19.8 Å². The fourth-order valence-electron chi connectivity index (χ4n) is 3.87. The van der Waals surface area contributed by atoms with Crippen molar-refractivity contribution in [3.63, 3.8) is 0 Å². The molecule has 2 aromatic heterocycles. The van der Waals surface area contributed by atoms with E-state index in [1.165, 1.54) is 4.88 Å². The van der Waals surface area contributed by atoms with Gasteiger partial charge in [0, 0.05) is 43.0 Å². The van der Waals surface area contributed by atoms with Crippen molar-refractivity contribution in [1.29, 1.82) is 0 Å².